The number of aromatic nitrogens is 1. The number of nitrogens with zero attached hydrogens (tertiary/aromatic N) is 3. The van der Waals surface area contributed by atoms with Crippen LogP contribution >= 0.6 is 0 Å². The summed E-state index contributed by atoms with van der Waals surface area (Å²) in [4.78, 5) is 8.95. The van der Waals surface area contributed by atoms with Crippen LogP contribution in [0.15, 0.2) is 48.8 Å². The summed E-state index contributed by atoms with van der Waals surface area (Å²) < 4.78 is 0. The zero-order chi connectivity index (χ0) is 17.3. The van der Waals surface area contributed by atoms with E-state index in [1.807, 2.05) is 12.3 Å². The van der Waals surface area contributed by atoms with Gasteiger partial charge >= 0.3 is 0 Å². The van der Waals surface area contributed by atoms with Crippen molar-refractivity contribution in [1.29, 1.82) is 0 Å². The summed E-state index contributed by atoms with van der Waals surface area (Å²) in [5.41, 5.74) is 3.81. The van der Waals surface area contributed by atoms with Gasteiger partial charge in [-0.3, -0.25) is 9.88 Å². The van der Waals surface area contributed by atoms with Crippen molar-refractivity contribution in [3.63, 3.8) is 0 Å². The molecule has 1 aromatic heterocycles. The summed E-state index contributed by atoms with van der Waals surface area (Å²) in [7, 11) is 0. The number of hydrogen-bond acceptors (Lipinski definition) is 4. The highest BCUT2D eigenvalue weighted by atomic mass is 16.3. The molecule has 4 heteroatoms. The van der Waals surface area contributed by atoms with Crippen molar-refractivity contribution in [1.82, 2.24) is 9.88 Å². The van der Waals surface area contributed by atoms with Crippen molar-refractivity contribution >= 4 is 5.69 Å². The number of aliphatic hydroxyl groups is 1. The molecule has 0 atom stereocenters. The molecule has 0 spiro atoms. The molecule has 2 heterocycles. The van der Waals surface area contributed by atoms with Gasteiger partial charge in [0.25, 0.3) is 0 Å². The molecule has 1 aliphatic heterocycles. The van der Waals surface area contributed by atoms with Crippen molar-refractivity contribution in [3.05, 3.63) is 59.9 Å². The fourth-order valence-corrected chi connectivity index (χ4v) is 3.50. The Bertz CT molecular complexity index is 607. The second-order valence-electron chi connectivity index (χ2n) is 6.86. The molecule has 0 bridgehead atoms. The van der Waals surface area contributed by atoms with Gasteiger partial charge < -0.3 is 10.0 Å². The highest BCUT2D eigenvalue weighted by Gasteiger charge is 2.11. The maximum absolute atomic E-state index is 9.37. The molecule has 1 aliphatic rings. The number of pyridine rings is 1. The Morgan fingerprint density at radius 2 is 1.64 bits per heavy atom. The SMILES string of the molecule is OCCN(Cc1ccc(N2CCCCCC2)cc1)Cc1cccnc1. The first-order chi connectivity index (χ1) is 12.3. The maximum Gasteiger partial charge on any atom is 0.0558 e. The first-order valence-electron chi connectivity index (χ1n) is 9.41. The van der Waals surface area contributed by atoms with Gasteiger partial charge in [0.1, 0.15) is 0 Å². The number of anilines is 1. The smallest absolute Gasteiger partial charge is 0.0558 e. The predicted molar refractivity (Wildman–Crippen MR) is 103 cm³/mol. The Balaban J connectivity index is 1.61. The van der Waals surface area contributed by atoms with Crippen LogP contribution in [0.25, 0.3) is 0 Å². The molecule has 1 fully saturated rings. The third-order valence-electron chi connectivity index (χ3n) is 4.86. The van der Waals surface area contributed by atoms with Crippen LogP contribution in [-0.4, -0.2) is 41.2 Å². The summed E-state index contributed by atoms with van der Waals surface area (Å²) in [6, 6.07) is 13.0. The van der Waals surface area contributed by atoms with Crippen LogP contribution in [0.1, 0.15) is 36.8 Å². The van der Waals surface area contributed by atoms with E-state index < -0.39 is 0 Å². The van der Waals surface area contributed by atoms with Crippen LogP contribution in [0.5, 0.6) is 0 Å². The molecule has 3 rings (SSSR count). The molecule has 0 radical (unpaired) electrons. The average molecular weight is 339 g/mol. The Kier molecular flexibility index (Phi) is 6.83. The van der Waals surface area contributed by atoms with Crippen LogP contribution < -0.4 is 4.90 Å². The normalized spacial score (nSPS) is 15.4. The number of rotatable bonds is 7. The highest BCUT2D eigenvalue weighted by Crippen LogP contribution is 2.20. The Labute approximate surface area is 151 Å². The van der Waals surface area contributed by atoms with Gasteiger partial charge in [0.2, 0.25) is 0 Å². The summed E-state index contributed by atoms with van der Waals surface area (Å²) in [5, 5.41) is 9.37. The van der Waals surface area contributed by atoms with Crippen molar-refractivity contribution < 1.29 is 5.11 Å². The molecule has 0 unspecified atom stereocenters. The van der Waals surface area contributed by atoms with Crippen molar-refractivity contribution in [3.8, 4) is 0 Å². The topological polar surface area (TPSA) is 39.6 Å². The minimum absolute atomic E-state index is 0.173. The van der Waals surface area contributed by atoms with Gasteiger partial charge in [-0.2, -0.15) is 0 Å². The number of hydrogen-bond donors (Lipinski definition) is 1. The largest absolute Gasteiger partial charge is 0.395 e. The first-order valence-corrected chi connectivity index (χ1v) is 9.41. The fraction of sp³-hybridized carbons (Fsp3) is 0.476. The first kappa shape index (κ1) is 17.9. The lowest BCUT2D eigenvalue weighted by Gasteiger charge is -2.24. The van der Waals surface area contributed by atoms with E-state index in [1.165, 1.54) is 55.6 Å². The van der Waals surface area contributed by atoms with Crippen LogP contribution in [0, 0.1) is 0 Å². The number of benzene rings is 1. The van der Waals surface area contributed by atoms with Gasteiger partial charge in [-0.05, 0) is 42.2 Å². The molecular formula is C21H29N3O. The van der Waals surface area contributed by atoms with Crippen LogP contribution in [0.3, 0.4) is 0 Å². The van der Waals surface area contributed by atoms with Gasteiger partial charge in [-0.15, -0.1) is 0 Å². The van der Waals surface area contributed by atoms with E-state index in [9.17, 15) is 5.11 Å². The van der Waals surface area contributed by atoms with Crippen molar-refractivity contribution in [2.45, 2.75) is 38.8 Å². The van der Waals surface area contributed by atoms with Gasteiger partial charge in [0.15, 0.2) is 0 Å². The molecule has 0 saturated carbocycles. The maximum atomic E-state index is 9.37. The standard InChI is InChI=1S/C21H29N3O/c25-15-14-23(18-20-6-5-11-22-16-20)17-19-7-9-21(10-8-19)24-12-3-1-2-4-13-24/h5-11,16,25H,1-4,12-15,17-18H2. The van der Waals surface area contributed by atoms with Crippen molar-refractivity contribution in [2.75, 3.05) is 31.1 Å². The summed E-state index contributed by atoms with van der Waals surface area (Å²) in [5.74, 6) is 0. The van der Waals surface area contributed by atoms with Crippen molar-refractivity contribution in [2.24, 2.45) is 0 Å². The van der Waals surface area contributed by atoms with E-state index in [2.05, 4.69) is 45.1 Å². The monoisotopic (exact) mass is 339 g/mol. The highest BCUT2D eigenvalue weighted by molar-refractivity contribution is 5.47. The molecule has 1 saturated heterocycles. The molecule has 2 aromatic rings. The van der Waals surface area contributed by atoms with E-state index in [4.69, 9.17) is 0 Å². The molecule has 4 nitrogen and oxygen atoms in total. The molecule has 0 aliphatic carbocycles. The second kappa shape index (κ2) is 9.54. The lowest BCUT2D eigenvalue weighted by atomic mass is 10.1. The van der Waals surface area contributed by atoms with Crippen LogP contribution in [0.2, 0.25) is 0 Å². The van der Waals surface area contributed by atoms with Gasteiger partial charge in [0, 0.05) is 50.8 Å². The molecule has 1 N–H and O–H groups in total. The van der Waals surface area contributed by atoms with E-state index in [0.717, 1.165) is 13.1 Å². The van der Waals surface area contributed by atoms with Crippen LogP contribution in [0.4, 0.5) is 5.69 Å². The minimum atomic E-state index is 0.173. The lowest BCUT2D eigenvalue weighted by Crippen LogP contribution is -2.26. The molecular weight excluding hydrogens is 310 g/mol. The van der Waals surface area contributed by atoms with E-state index in [0.29, 0.717) is 6.54 Å². The third kappa shape index (κ3) is 5.55. The molecule has 1 aromatic carbocycles. The lowest BCUT2D eigenvalue weighted by molar-refractivity contribution is 0.184. The van der Waals surface area contributed by atoms with Gasteiger partial charge in [-0.1, -0.05) is 31.0 Å². The predicted octanol–water partition coefficient (Wildman–Crippen LogP) is 3.46. The zero-order valence-electron chi connectivity index (χ0n) is 15.0. The number of aliphatic hydroxyl groups excluding tert-OH is 1. The van der Waals surface area contributed by atoms with E-state index in [1.54, 1.807) is 6.20 Å². The summed E-state index contributed by atoms with van der Waals surface area (Å²) in [6.45, 7) is 4.85. The Morgan fingerprint density at radius 1 is 0.920 bits per heavy atom. The second-order valence-corrected chi connectivity index (χ2v) is 6.86. The van der Waals surface area contributed by atoms with Crippen LogP contribution in [-0.2, 0) is 13.1 Å². The minimum Gasteiger partial charge on any atom is -0.395 e. The fourth-order valence-electron chi connectivity index (χ4n) is 3.50. The quantitative estimate of drug-likeness (QED) is 0.839. The Hall–Kier alpha value is -1.91. The Morgan fingerprint density at radius 3 is 2.28 bits per heavy atom. The average Bonchev–Trinajstić information content (AvgIpc) is 2.93. The third-order valence-corrected chi connectivity index (χ3v) is 4.86. The van der Waals surface area contributed by atoms with Gasteiger partial charge in [0.05, 0.1) is 6.61 Å². The molecule has 0 amide bonds. The molecule has 25 heavy (non-hydrogen) atoms. The van der Waals surface area contributed by atoms with E-state index in [-0.39, 0.29) is 6.61 Å². The zero-order valence-corrected chi connectivity index (χ0v) is 15.0. The molecule has 134 valence electrons. The van der Waals surface area contributed by atoms with Gasteiger partial charge in [-0.25, -0.2) is 0 Å². The summed E-state index contributed by atoms with van der Waals surface area (Å²) >= 11 is 0. The van der Waals surface area contributed by atoms with E-state index >= 15 is 0 Å². The summed E-state index contributed by atoms with van der Waals surface area (Å²) in [6.07, 6.45) is 9.01.